The molecule has 1 aliphatic heterocycles. The maximum atomic E-state index is 12.7. The number of aryl methyl sites for hydroxylation is 1. The van der Waals surface area contributed by atoms with Gasteiger partial charge in [-0.15, -0.1) is 0 Å². The highest BCUT2D eigenvalue weighted by Gasteiger charge is 2.26. The number of aromatic amines is 1. The van der Waals surface area contributed by atoms with Gasteiger partial charge < -0.3 is 19.9 Å². The van der Waals surface area contributed by atoms with Crippen molar-refractivity contribution in [3.63, 3.8) is 0 Å². The van der Waals surface area contributed by atoms with Crippen LogP contribution < -0.4 is 10.9 Å². The van der Waals surface area contributed by atoms with Gasteiger partial charge in [0.15, 0.2) is 5.11 Å². The lowest BCUT2D eigenvalue weighted by Crippen LogP contribution is -2.47. The van der Waals surface area contributed by atoms with Crippen molar-refractivity contribution in [3.8, 4) is 0 Å². The zero-order chi connectivity index (χ0) is 19.5. The second-order valence-electron chi connectivity index (χ2n) is 8.10. The van der Waals surface area contributed by atoms with E-state index in [4.69, 9.17) is 17.0 Å². The van der Waals surface area contributed by atoms with Crippen LogP contribution in [0.25, 0.3) is 10.9 Å². The highest BCUT2D eigenvalue weighted by molar-refractivity contribution is 7.80. The van der Waals surface area contributed by atoms with Crippen LogP contribution in [0, 0.1) is 6.92 Å². The predicted molar refractivity (Wildman–Crippen MR) is 117 cm³/mol. The van der Waals surface area contributed by atoms with E-state index in [-0.39, 0.29) is 11.7 Å². The van der Waals surface area contributed by atoms with Crippen molar-refractivity contribution in [2.75, 3.05) is 13.2 Å². The van der Waals surface area contributed by atoms with Crippen molar-refractivity contribution in [3.05, 3.63) is 45.7 Å². The molecule has 0 spiro atoms. The number of fused-ring (bicyclic) bond motifs is 1. The van der Waals surface area contributed by atoms with E-state index in [0.29, 0.717) is 12.6 Å². The van der Waals surface area contributed by atoms with Gasteiger partial charge in [-0.1, -0.05) is 24.5 Å². The molecule has 6 heteroatoms. The van der Waals surface area contributed by atoms with Crippen LogP contribution in [0.3, 0.4) is 0 Å². The van der Waals surface area contributed by atoms with Gasteiger partial charge in [-0.3, -0.25) is 4.79 Å². The van der Waals surface area contributed by atoms with Gasteiger partial charge in [0.1, 0.15) is 0 Å². The summed E-state index contributed by atoms with van der Waals surface area (Å²) in [7, 11) is 0. The number of H-pyrrole nitrogens is 1. The average molecular weight is 400 g/mol. The zero-order valence-corrected chi connectivity index (χ0v) is 17.3. The molecule has 2 N–H and O–H groups in total. The molecule has 0 radical (unpaired) electrons. The number of nitrogens with one attached hydrogen (secondary N) is 2. The molecule has 0 unspecified atom stereocenters. The Morgan fingerprint density at radius 3 is 2.82 bits per heavy atom. The van der Waals surface area contributed by atoms with Crippen LogP contribution >= 0.6 is 12.2 Å². The normalized spacial score (nSPS) is 20.0. The summed E-state index contributed by atoms with van der Waals surface area (Å²) in [4.78, 5) is 17.9. The summed E-state index contributed by atoms with van der Waals surface area (Å²) in [6, 6.07) is 8.52. The van der Waals surface area contributed by atoms with Crippen LogP contribution in [-0.4, -0.2) is 40.3 Å². The molecule has 2 aliphatic rings. The van der Waals surface area contributed by atoms with Crippen molar-refractivity contribution in [1.29, 1.82) is 0 Å². The quantitative estimate of drug-likeness (QED) is 0.752. The molecule has 2 aromatic rings. The number of benzene rings is 1. The van der Waals surface area contributed by atoms with Crippen molar-refractivity contribution < 1.29 is 4.74 Å². The Labute approximate surface area is 171 Å². The van der Waals surface area contributed by atoms with E-state index < -0.39 is 0 Å². The minimum atomic E-state index is -0.0266. The number of rotatable bonds is 5. The Hall–Kier alpha value is -1.92. The molecule has 1 atom stereocenters. The average Bonchev–Trinajstić information content (AvgIpc) is 3.38. The summed E-state index contributed by atoms with van der Waals surface area (Å²) in [5.41, 5.74) is 2.81. The number of nitrogens with zero attached hydrogens (tertiary/aromatic N) is 1. The van der Waals surface area contributed by atoms with Crippen LogP contribution in [-0.2, 0) is 11.3 Å². The molecule has 5 nitrogen and oxygen atoms in total. The molecule has 1 saturated carbocycles. The number of thiocarbonyl (C=S) groups is 1. The minimum absolute atomic E-state index is 0.0266. The predicted octanol–water partition coefficient (Wildman–Crippen LogP) is 3.63. The van der Waals surface area contributed by atoms with Crippen molar-refractivity contribution >= 4 is 28.2 Å². The Kier molecular flexibility index (Phi) is 5.97. The van der Waals surface area contributed by atoms with Crippen LogP contribution in [0.4, 0.5) is 0 Å². The van der Waals surface area contributed by atoms with Crippen LogP contribution in [0.2, 0.25) is 0 Å². The van der Waals surface area contributed by atoms with Gasteiger partial charge in [-0.25, -0.2) is 0 Å². The fourth-order valence-corrected chi connectivity index (χ4v) is 4.66. The van der Waals surface area contributed by atoms with Gasteiger partial charge in [-0.2, -0.15) is 0 Å². The lowest BCUT2D eigenvalue weighted by atomic mass is 10.1. The Balaban J connectivity index is 1.54. The lowest BCUT2D eigenvalue weighted by Gasteiger charge is -2.32. The summed E-state index contributed by atoms with van der Waals surface area (Å²) in [5.74, 6) is 0. The maximum absolute atomic E-state index is 12.7. The van der Waals surface area contributed by atoms with Gasteiger partial charge in [-0.05, 0) is 68.4 Å². The molecule has 0 bridgehead atoms. The van der Waals surface area contributed by atoms with E-state index in [0.717, 1.165) is 60.4 Å². The first-order chi connectivity index (χ1) is 13.6. The molecule has 2 heterocycles. The second kappa shape index (κ2) is 8.62. The van der Waals surface area contributed by atoms with Gasteiger partial charge in [0, 0.05) is 30.3 Å². The second-order valence-corrected chi connectivity index (χ2v) is 8.49. The van der Waals surface area contributed by atoms with E-state index in [1.165, 1.54) is 18.4 Å². The number of aromatic nitrogens is 1. The van der Waals surface area contributed by atoms with E-state index in [9.17, 15) is 4.79 Å². The lowest BCUT2D eigenvalue weighted by molar-refractivity contribution is 0.113. The highest BCUT2D eigenvalue weighted by atomic mass is 32.1. The maximum Gasteiger partial charge on any atom is 0.253 e. The zero-order valence-electron chi connectivity index (χ0n) is 16.5. The third kappa shape index (κ3) is 4.39. The smallest absolute Gasteiger partial charge is 0.253 e. The molecule has 4 rings (SSSR count). The Bertz CT molecular complexity index is 898. The third-order valence-electron chi connectivity index (χ3n) is 5.95. The SMILES string of the molecule is Cc1ccc2[nH]c(=O)c(CN(C(=S)NC[C@@H]3CCCO3)C3CCCC3)cc2c1. The van der Waals surface area contributed by atoms with Gasteiger partial charge in [0.05, 0.1) is 12.6 Å². The first kappa shape index (κ1) is 19.4. The minimum Gasteiger partial charge on any atom is -0.376 e. The molecule has 150 valence electrons. The fraction of sp³-hybridized carbons (Fsp3) is 0.545. The summed E-state index contributed by atoms with van der Waals surface area (Å²) in [5, 5.41) is 5.22. The molecule has 1 aromatic carbocycles. The Morgan fingerprint density at radius 1 is 1.25 bits per heavy atom. The van der Waals surface area contributed by atoms with Gasteiger partial charge >= 0.3 is 0 Å². The molecule has 28 heavy (non-hydrogen) atoms. The third-order valence-corrected chi connectivity index (χ3v) is 6.33. The van der Waals surface area contributed by atoms with Crippen molar-refractivity contribution in [2.24, 2.45) is 0 Å². The Morgan fingerprint density at radius 2 is 2.07 bits per heavy atom. The fourth-order valence-electron chi connectivity index (χ4n) is 4.36. The van der Waals surface area contributed by atoms with Crippen LogP contribution in [0.1, 0.15) is 49.7 Å². The summed E-state index contributed by atoms with van der Waals surface area (Å²) >= 11 is 5.75. The standard InChI is InChI=1S/C22H29N3O2S/c1-15-8-9-20-16(11-15)12-17(21(26)24-20)14-25(18-5-2-3-6-18)22(28)23-13-19-7-4-10-27-19/h8-9,11-12,18-19H,2-7,10,13-14H2,1H3,(H,23,28)(H,24,26)/t19-/m0/s1. The summed E-state index contributed by atoms with van der Waals surface area (Å²) < 4.78 is 5.71. The molecular weight excluding hydrogens is 370 g/mol. The van der Waals surface area contributed by atoms with E-state index in [1.54, 1.807) is 0 Å². The number of hydrogen-bond acceptors (Lipinski definition) is 3. The molecule has 1 aliphatic carbocycles. The van der Waals surface area contributed by atoms with Crippen LogP contribution in [0.5, 0.6) is 0 Å². The largest absolute Gasteiger partial charge is 0.376 e. The molecular formula is C22H29N3O2S. The first-order valence-electron chi connectivity index (χ1n) is 10.4. The summed E-state index contributed by atoms with van der Waals surface area (Å²) in [6.07, 6.45) is 7.17. The molecule has 0 amide bonds. The molecule has 2 fully saturated rings. The van der Waals surface area contributed by atoms with Crippen LogP contribution in [0.15, 0.2) is 29.1 Å². The van der Waals surface area contributed by atoms with Crippen molar-refractivity contribution in [1.82, 2.24) is 15.2 Å². The summed E-state index contributed by atoms with van der Waals surface area (Å²) in [6.45, 7) is 4.20. The highest BCUT2D eigenvalue weighted by Crippen LogP contribution is 2.25. The molecule has 1 aromatic heterocycles. The first-order valence-corrected chi connectivity index (χ1v) is 10.8. The van der Waals surface area contributed by atoms with Gasteiger partial charge in [0.25, 0.3) is 5.56 Å². The monoisotopic (exact) mass is 399 g/mol. The molecule has 1 saturated heterocycles. The van der Waals surface area contributed by atoms with Gasteiger partial charge in [0.2, 0.25) is 0 Å². The van der Waals surface area contributed by atoms with E-state index in [2.05, 4.69) is 28.2 Å². The topological polar surface area (TPSA) is 57.4 Å². The number of hydrogen-bond donors (Lipinski definition) is 2. The number of ether oxygens (including phenoxy) is 1. The van der Waals surface area contributed by atoms with Crippen molar-refractivity contribution in [2.45, 2.75) is 64.1 Å². The van der Waals surface area contributed by atoms with E-state index in [1.807, 2.05) is 18.2 Å². The van der Waals surface area contributed by atoms with E-state index >= 15 is 0 Å². The number of pyridine rings is 1.